The first kappa shape index (κ1) is 59.8. The molecule has 1 N–H and O–H groups in total. The number of esters is 2. The molecule has 2 atom stereocenters. The molecule has 0 aliphatic heterocycles. The van der Waals surface area contributed by atoms with Crippen molar-refractivity contribution < 1.29 is 38.2 Å². The largest absolute Gasteiger partial charge is 0.477 e. The van der Waals surface area contributed by atoms with E-state index in [1.165, 1.54) is 77.0 Å². The van der Waals surface area contributed by atoms with Crippen molar-refractivity contribution in [2.75, 3.05) is 41.0 Å². The number of carboxylic acids is 1. The third-order valence-corrected chi connectivity index (χ3v) is 11.1. The van der Waals surface area contributed by atoms with Crippen LogP contribution in [-0.4, -0.2) is 80.6 Å². The van der Waals surface area contributed by atoms with Crippen molar-refractivity contribution in [3.63, 3.8) is 0 Å². The van der Waals surface area contributed by atoms with Gasteiger partial charge in [0.25, 0.3) is 0 Å². The Morgan fingerprint density at radius 1 is 0.492 bits per heavy atom. The van der Waals surface area contributed by atoms with Crippen LogP contribution in [0.2, 0.25) is 0 Å². The quantitative estimate of drug-likeness (QED) is 0.0214. The molecule has 2 unspecified atom stereocenters. The molecule has 0 aromatic carbocycles. The molecule has 0 radical (unpaired) electrons. The zero-order valence-electron chi connectivity index (χ0n) is 41.3. The molecule has 0 fully saturated rings. The van der Waals surface area contributed by atoms with Gasteiger partial charge in [-0.2, -0.15) is 0 Å². The van der Waals surface area contributed by atoms with Crippen LogP contribution in [0, 0.1) is 0 Å². The number of rotatable bonds is 45. The van der Waals surface area contributed by atoms with E-state index in [1.54, 1.807) is 0 Å². The van der Waals surface area contributed by atoms with Gasteiger partial charge in [-0.3, -0.25) is 9.59 Å². The minimum absolute atomic E-state index is 0.0451. The maximum absolute atomic E-state index is 12.8. The number of ether oxygens (including phenoxy) is 3. The highest BCUT2D eigenvalue weighted by atomic mass is 16.6. The third kappa shape index (κ3) is 43.8. The predicted molar refractivity (Wildman–Crippen MR) is 266 cm³/mol. The van der Waals surface area contributed by atoms with Crippen LogP contribution in [-0.2, 0) is 28.6 Å². The Bertz CT molecular complexity index is 1260. The second-order valence-electron chi connectivity index (χ2n) is 18.1. The van der Waals surface area contributed by atoms with Gasteiger partial charge in [-0.15, -0.1) is 0 Å². The van der Waals surface area contributed by atoms with E-state index in [2.05, 4.69) is 86.8 Å². The fraction of sp³-hybridized carbons (Fsp3) is 0.727. The molecule has 0 aliphatic rings. The van der Waals surface area contributed by atoms with Gasteiger partial charge in [0.05, 0.1) is 34.4 Å². The molecule has 0 aromatic heterocycles. The summed E-state index contributed by atoms with van der Waals surface area (Å²) in [6.07, 6.45) is 58.0. The van der Waals surface area contributed by atoms with Crippen LogP contribution in [0.5, 0.6) is 0 Å². The molecular weight excluding hydrogens is 787 g/mol. The minimum Gasteiger partial charge on any atom is -0.477 e. The molecule has 0 heterocycles. The first-order chi connectivity index (χ1) is 30.6. The average Bonchev–Trinajstić information content (AvgIpc) is 3.24. The molecular formula is C55H96NO7+. The van der Waals surface area contributed by atoms with Gasteiger partial charge in [-0.05, 0) is 83.5 Å². The lowest BCUT2D eigenvalue weighted by atomic mass is 10.1. The third-order valence-electron chi connectivity index (χ3n) is 11.1. The van der Waals surface area contributed by atoms with Crippen molar-refractivity contribution in [1.29, 1.82) is 0 Å². The molecule has 8 heteroatoms. The zero-order chi connectivity index (χ0) is 46.3. The Morgan fingerprint density at radius 2 is 0.889 bits per heavy atom. The lowest BCUT2D eigenvalue weighted by molar-refractivity contribution is -0.887. The Balaban J connectivity index is 4.35. The number of nitrogens with zero attached hydrogens (tertiary/aromatic N) is 1. The summed E-state index contributed by atoms with van der Waals surface area (Å²) < 4.78 is 17.3. The highest BCUT2D eigenvalue weighted by Crippen LogP contribution is 2.14. The maximum Gasteiger partial charge on any atom is 0.362 e. The topological polar surface area (TPSA) is 99.1 Å². The number of carbonyl (C=O) groups excluding carboxylic acids is 2. The smallest absolute Gasteiger partial charge is 0.362 e. The zero-order valence-corrected chi connectivity index (χ0v) is 41.3. The SMILES string of the molecule is CCCCC/C=C/C/C=C/C/C=C/C/C=C/CCCCCCCC(=O)OC(COCCC(C(=O)O)[N+](C)(C)C)COC(=O)CCCCCCC/C=C/C=C/CCCCCCCCC. The lowest BCUT2D eigenvalue weighted by Crippen LogP contribution is -2.50. The maximum atomic E-state index is 12.8. The molecule has 0 aromatic rings. The number of allylic oxidation sites excluding steroid dienone is 12. The van der Waals surface area contributed by atoms with E-state index in [0.717, 1.165) is 96.3 Å². The molecule has 0 saturated carbocycles. The standard InChI is InChI=1S/C55H95NO7/c1-6-8-10-12-14-16-18-20-22-24-26-27-28-30-32-34-36-38-40-42-44-46-54(58)63-51(49-61-48-47-52(55(59)60)56(3,4)5)50-62-53(57)45-43-41-39-37-35-33-31-29-25-23-21-19-17-15-13-11-9-7-2/h14,16,20,22-23,25-27,29-32,51-52H,6-13,15,17-19,21,24,28,33-50H2,1-5H3/p+1/b16-14+,22-20+,25-23+,27-26+,31-29+,32-30+. The number of quaternary nitrogens is 1. The van der Waals surface area contributed by atoms with Crippen LogP contribution in [0.1, 0.15) is 206 Å². The number of carboxylic acid groups (broad SMARTS) is 1. The van der Waals surface area contributed by atoms with Crippen LogP contribution < -0.4 is 0 Å². The van der Waals surface area contributed by atoms with E-state index in [0.29, 0.717) is 19.3 Å². The summed E-state index contributed by atoms with van der Waals surface area (Å²) in [6.45, 7) is 4.67. The Kier molecular flexibility index (Phi) is 43.0. The fourth-order valence-corrected chi connectivity index (χ4v) is 7.12. The Hall–Kier alpha value is -3.23. The predicted octanol–water partition coefficient (Wildman–Crippen LogP) is 14.7. The van der Waals surface area contributed by atoms with Crippen LogP contribution in [0.15, 0.2) is 72.9 Å². The number of unbranched alkanes of at least 4 members (excludes halogenated alkanes) is 20. The molecule has 0 rings (SSSR count). The molecule has 362 valence electrons. The average molecular weight is 883 g/mol. The van der Waals surface area contributed by atoms with Gasteiger partial charge in [0, 0.05) is 19.3 Å². The van der Waals surface area contributed by atoms with Gasteiger partial charge < -0.3 is 23.8 Å². The van der Waals surface area contributed by atoms with E-state index in [9.17, 15) is 19.5 Å². The lowest BCUT2D eigenvalue weighted by Gasteiger charge is -2.31. The van der Waals surface area contributed by atoms with Crippen LogP contribution >= 0.6 is 0 Å². The number of carbonyl (C=O) groups is 3. The van der Waals surface area contributed by atoms with Crippen molar-refractivity contribution in [1.82, 2.24) is 0 Å². The monoisotopic (exact) mass is 883 g/mol. The molecule has 0 amide bonds. The van der Waals surface area contributed by atoms with Crippen LogP contribution in [0.4, 0.5) is 0 Å². The van der Waals surface area contributed by atoms with Gasteiger partial charge >= 0.3 is 17.9 Å². The van der Waals surface area contributed by atoms with Crippen molar-refractivity contribution >= 4 is 17.9 Å². The van der Waals surface area contributed by atoms with Gasteiger partial charge in [-0.1, -0.05) is 177 Å². The van der Waals surface area contributed by atoms with Gasteiger partial charge in [0.1, 0.15) is 6.61 Å². The highest BCUT2D eigenvalue weighted by Gasteiger charge is 2.31. The number of aliphatic carboxylic acids is 1. The second-order valence-corrected chi connectivity index (χ2v) is 18.1. The van der Waals surface area contributed by atoms with E-state index in [1.807, 2.05) is 21.1 Å². The summed E-state index contributed by atoms with van der Waals surface area (Å²) in [5.41, 5.74) is 0. The summed E-state index contributed by atoms with van der Waals surface area (Å²) >= 11 is 0. The van der Waals surface area contributed by atoms with E-state index < -0.39 is 18.1 Å². The van der Waals surface area contributed by atoms with E-state index >= 15 is 0 Å². The summed E-state index contributed by atoms with van der Waals surface area (Å²) in [6, 6.07) is -0.625. The summed E-state index contributed by atoms with van der Waals surface area (Å²) in [7, 11) is 5.52. The molecule has 0 bridgehead atoms. The molecule has 63 heavy (non-hydrogen) atoms. The van der Waals surface area contributed by atoms with Gasteiger partial charge in [0.15, 0.2) is 12.1 Å². The van der Waals surface area contributed by atoms with Crippen molar-refractivity contribution in [2.24, 2.45) is 0 Å². The number of hydrogen-bond acceptors (Lipinski definition) is 6. The first-order valence-corrected chi connectivity index (χ1v) is 25.5. The fourth-order valence-electron chi connectivity index (χ4n) is 7.12. The first-order valence-electron chi connectivity index (χ1n) is 25.5. The van der Waals surface area contributed by atoms with Gasteiger partial charge in [-0.25, -0.2) is 4.79 Å². The Labute approximate surface area is 387 Å². The highest BCUT2D eigenvalue weighted by molar-refractivity contribution is 5.72. The van der Waals surface area contributed by atoms with Crippen molar-refractivity contribution in [3.8, 4) is 0 Å². The number of likely N-dealkylation sites (N-methyl/N-ethyl adjacent to an activating group) is 1. The molecule has 0 spiro atoms. The van der Waals surface area contributed by atoms with Gasteiger partial charge in [0.2, 0.25) is 0 Å². The molecule has 0 aliphatic carbocycles. The molecule has 0 saturated heterocycles. The summed E-state index contributed by atoms with van der Waals surface area (Å²) in [5.74, 6) is -1.51. The number of hydrogen-bond donors (Lipinski definition) is 1. The summed E-state index contributed by atoms with van der Waals surface area (Å²) in [4.78, 5) is 37.1. The van der Waals surface area contributed by atoms with Crippen molar-refractivity contribution in [3.05, 3.63) is 72.9 Å². The van der Waals surface area contributed by atoms with E-state index in [-0.39, 0.29) is 36.2 Å². The molecule has 8 nitrogen and oxygen atoms in total. The minimum atomic E-state index is -0.882. The van der Waals surface area contributed by atoms with E-state index in [4.69, 9.17) is 14.2 Å². The summed E-state index contributed by atoms with van der Waals surface area (Å²) in [5, 5.41) is 9.65. The normalized spacial score (nSPS) is 13.5. The van der Waals surface area contributed by atoms with Crippen LogP contribution in [0.25, 0.3) is 0 Å². The van der Waals surface area contributed by atoms with Crippen LogP contribution in [0.3, 0.4) is 0 Å². The Morgan fingerprint density at radius 3 is 1.37 bits per heavy atom. The van der Waals surface area contributed by atoms with Crippen molar-refractivity contribution in [2.45, 2.75) is 219 Å². The second kappa shape index (κ2) is 45.3.